The number of benzene rings is 1. The molecule has 2 aromatic heterocycles. The van der Waals surface area contributed by atoms with Crippen molar-refractivity contribution >= 4 is 40.3 Å². The van der Waals surface area contributed by atoms with Crippen molar-refractivity contribution < 1.29 is 0 Å². The summed E-state index contributed by atoms with van der Waals surface area (Å²) in [7, 11) is 0. The van der Waals surface area contributed by atoms with Crippen LogP contribution in [0, 0.1) is 0 Å². The van der Waals surface area contributed by atoms with Gasteiger partial charge in [-0.2, -0.15) is 9.97 Å². The summed E-state index contributed by atoms with van der Waals surface area (Å²) in [5.41, 5.74) is 19.0. The van der Waals surface area contributed by atoms with Crippen LogP contribution in [0.25, 0.3) is 22.4 Å². The Morgan fingerprint density at radius 3 is 2.45 bits per heavy atom. The second-order valence-corrected chi connectivity index (χ2v) is 4.54. The number of fused-ring (bicyclic) bond motifs is 1. The molecule has 0 saturated carbocycles. The molecule has 0 fully saturated rings. The predicted octanol–water partition coefficient (Wildman–Crippen LogP) is 1.49. The standard InChI is InChI=1S/C12H10ClN7/c13-6-3-1-2-5(4-6)7-9(14)18-11-8(17-7)10(15)19-12(16)20-11/h1-4H,(H6,14,15,16,18,19,20). The molecule has 0 aliphatic heterocycles. The van der Waals surface area contributed by atoms with Crippen LogP contribution in [0.1, 0.15) is 0 Å². The van der Waals surface area contributed by atoms with Crippen LogP contribution in [0.15, 0.2) is 24.3 Å². The van der Waals surface area contributed by atoms with Crippen molar-refractivity contribution in [3.8, 4) is 11.3 Å². The monoisotopic (exact) mass is 287 g/mol. The van der Waals surface area contributed by atoms with Gasteiger partial charge in [0.05, 0.1) is 0 Å². The number of anilines is 3. The second-order valence-electron chi connectivity index (χ2n) is 4.11. The van der Waals surface area contributed by atoms with E-state index in [2.05, 4.69) is 19.9 Å². The third-order valence-corrected chi connectivity index (χ3v) is 2.94. The van der Waals surface area contributed by atoms with Crippen molar-refractivity contribution in [2.24, 2.45) is 0 Å². The number of hydrogen-bond donors (Lipinski definition) is 3. The lowest BCUT2D eigenvalue weighted by atomic mass is 10.1. The largest absolute Gasteiger partial charge is 0.382 e. The zero-order valence-corrected chi connectivity index (χ0v) is 11.0. The normalized spacial score (nSPS) is 10.8. The quantitative estimate of drug-likeness (QED) is 0.618. The molecule has 0 aliphatic carbocycles. The Hall–Kier alpha value is -2.67. The lowest BCUT2D eigenvalue weighted by Crippen LogP contribution is -2.06. The summed E-state index contributed by atoms with van der Waals surface area (Å²) in [5.74, 6) is 0.403. The molecule has 3 aromatic rings. The van der Waals surface area contributed by atoms with Crippen LogP contribution in [-0.2, 0) is 0 Å². The van der Waals surface area contributed by atoms with Gasteiger partial charge >= 0.3 is 0 Å². The first-order valence-electron chi connectivity index (χ1n) is 5.67. The maximum Gasteiger partial charge on any atom is 0.224 e. The molecule has 100 valence electrons. The van der Waals surface area contributed by atoms with Crippen LogP contribution >= 0.6 is 11.6 Å². The van der Waals surface area contributed by atoms with Crippen molar-refractivity contribution in [3.63, 3.8) is 0 Å². The summed E-state index contributed by atoms with van der Waals surface area (Å²) < 4.78 is 0. The highest BCUT2D eigenvalue weighted by molar-refractivity contribution is 6.30. The van der Waals surface area contributed by atoms with E-state index in [1.54, 1.807) is 18.2 Å². The first-order chi connectivity index (χ1) is 9.54. The van der Waals surface area contributed by atoms with E-state index in [4.69, 9.17) is 28.8 Å². The van der Waals surface area contributed by atoms with Gasteiger partial charge < -0.3 is 17.2 Å². The van der Waals surface area contributed by atoms with Gasteiger partial charge in [0.15, 0.2) is 22.8 Å². The van der Waals surface area contributed by atoms with Crippen LogP contribution in [-0.4, -0.2) is 19.9 Å². The molecule has 0 saturated heterocycles. The summed E-state index contributed by atoms with van der Waals surface area (Å²) in [4.78, 5) is 16.4. The number of rotatable bonds is 1. The molecule has 8 heteroatoms. The van der Waals surface area contributed by atoms with Gasteiger partial charge in [0, 0.05) is 10.6 Å². The predicted molar refractivity (Wildman–Crippen MR) is 78.8 cm³/mol. The lowest BCUT2D eigenvalue weighted by Gasteiger charge is -2.07. The Morgan fingerprint density at radius 2 is 1.70 bits per heavy atom. The third-order valence-electron chi connectivity index (χ3n) is 2.70. The molecule has 6 N–H and O–H groups in total. The molecule has 7 nitrogen and oxygen atoms in total. The van der Waals surface area contributed by atoms with Crippen LogP contribution in [0.5, 0.6) is 0 Å². The highest BCUT2D eigenvalue weighted by atomic mass is 35.5. The van der Waals surface area contributed by atoms with Gasteiger partial charge in [-0.3, -0.25) is 0 Å². The fraction of sp³-hybridized carbons (Fsp3) is 0. The van der Waals surface area contributed by atoms with Crippen LogP contribution in [0.2, 0.25) is 5.02 Å². The minimum atomic E-state index is 0.0270. The van der Waals surface area contributed by atoms with Crippen molar-refractivity contribution in [1.82, 2.24) is 19.9 Å². The zero-order valence-electron chi connectivity index (χ0n) is 10.2. The topological polar surface area (TPSA) is 130 Å². The smallest absolute Gasteiger partial charge is 0.224 e. The maximum atomic E-state index is 5.96. The van der Waals surface area contributed by atoms with Gasteiger partial charge in [0.25, 0.3) is 0 Å². The van der Waals surface area contributed by atoms with Crippen LogP contribution in [0.3, 0.4) is 0 Å². The molecular formula is C12H10ClN7. The van der Waals surface area contributed by atoms with Gasteiger partial charge in [0.2, 0.25) is 5.95 Å². The number of hydrogen-bond acceptors (Lipinski definition) is 7. The summed E-state index contributed by atoms with van der Waals surface area (Å²) in [6, 6.07) is 7.12. The van der Waals surface area contributed by atoms with E-state index < -0.39 is 0 Å². The number of nitrogen functional groups attached to an aromatic ring is 3. The van der Waals surface area contributed by atoms with Gasteiger partial charge in [-0.25, -0.2) is 9.97 Å². The van der Waals surface area contributed by atoms with Crippen molar-refractivity contribution in [3.05, 3.63) is 29.3 Å². The molecule has 2 heterocycles. The molecule has 0 aliphatic rings. The van der Waals surface area contributed by atoms with Gasteiger partial charge in [-0.05, 0) is 12.1 Å². The Morgan fingerprint density at radius 1 is 0.900 bits per heavy atom. The lowest BCUT2D eigenvalue weighted by molar-refractivity contribution is 1.17. The van der Waals surface area contributed by atoms with Crippen molar-refractivity contribution in [2.75, 3.05) is 17.2 Å². The first-order valence-corrected chi connectivity index (χ1v) is 6.04. The molecule has 0 unspecified atom stereocenters. The molecule has 1 aromatic carbocycles. The molecule has 0 spiro atoms. The molecule has 0 bridgehead atoms. The Kier molecular flexibility index (Phi) is 2.76. The van der Waals surface area contributed by atoms with Gasteiger partial charge in [-0.15, -0.1) is 0 Å². The van der Waals surface area contributed by atoms with Crippen molar-refractivity contribution in [1.29, 1.82) is 0 Å². The van der Waals surface area contributed by atoms with Crippen LogP contribution < -0.4 is 17.2 Å². The van der Waals surface area contributed by atoms with Crippen LogP contribution in [0.4, 0.5) is 17.6 Å². The summed E-state index contributed by atoms with van der Waals surface area (Å²) in [6.45, 7) is 0. The molecule has 0 amide bonds. The Labute approximate surface area is 118 Å². The fourth-order valence-electron chi connectivity index (χ4n) is 1.85. The van der Waals surface area contributed by atoms with Gasteiger partial charge in [0.1, 0.15) is 5.69 Å². The minimum Gasteiger partial charge on any atom is -0.382 e. The van der Waals surface area contributed by atoms with E-state index in [0.717, 1.165) is 5.56 Å². The Balaban J connectivity index is 2.30. The number of nitrogens with two attached hydrogens (primary N) is 3. The molecule has 20 heavy (non-hydrogen) atoms. The highest BCUT2D eigenvalue weighted by Gasteiger charge is 2.13. The number of halogens is 1. The molecule has 0 atom stereocenters. The van der Waals surface area contributed by atoms with E-state index in [0.29, 0.717) is 16.2 Å². The second kappa shape index (κ2) is 4.46. The molecule has 3 rings (SSSR count). The van der Waals surface area contributed by atoms with Gasteiger partial charge in [-0.1, -0.05) is 23.7 Å². The fourth-order valence-corrected chi connectivity index (χ4v) is 2.04. The highest BCUT2D eigenvalue weighted by Crippen LogP contribution is 2.27. The van der Waals surface area contributed by atoms with E-state index in [1.165, 1.54) is 0 Å². The Bertz CT molecular complexity index is 818. The minimum absolute atomic E-state index is 0.0270. The zero-order chi connectivity index (χ0) is 14.3. The van der Waals surface area contributed by atoms with E-state index in [-0.39, 0.29) is 23.2 Å². The number of nitrogens with zero attached hydrogens (tertiary/aromatic N) is 4. The number of aromatic nitrogens is 4. The SMILES string of the molecule is Nc1nc(N)c2nc(-c3cccc(Cl)c3)c(N)nc2n1. The summed E-state index contributed by atoms with van der Waals surface area (Å²) >= 11 is 5.96. The molecular weight excluding hydrogens is 278 g/mol. The maximum absolute atomic E-state index is 5.96. The average Bonchev–Trinajstić information content (AvgIpc) is 2.37. The average molecular weight is 288 g/mol. The molecule has 0 radical (unpaired) electrons. The third kappa shape index (κ3) is 2.04. The van der Waals surface area contributed by atoms with E-state index in [1.807, 2.05) is 6.07 Å². The van der Waals surface area contributed by atoms with Crippen molar-refractivity contribution in [2.45, 2.75) is 0 Å². The summed E-state index contributed by atoms with van der Waals surface area (Å²) in [6.07, 6.45) is 0. The van der Waals surface area contributed by atoms with E-state index in [9.17, 15) is 0 Å². The summed E-state index contributed by atoms with van der Waals surface area (Å²) in [5, 5.41) is 0.574. The van der Waals surface area contributed by atoms with E-state index >= 15 is 0 Å². The first kappa shape index (κ1) is 12.4.